The molecule has 0 bridgehead atoms. The van der Waals surface area contributed by atoms with Crippen molar-refractivity contribution in [2.75, 3.05) is 0 Å². The molecule has 13 heteroatoms. The maximum Gasteiger partial charge on any atom is 0.299 e. The molecule has 0 aliphatic heterocycles. The third-order valence-corrected chi connectivity index (χ3v) is 6.55. The zero-order valence-electron chi connectivity index (χ0n) is 17.2. The normalized spacial score (nSPS) is 12.3. The molecule has 1 aromatic heterocycles. The molecule has 4 aromatic rings. The second kappa shape index (κ2) is 8.79. The fourth-order valence-electron chi connectivity index (χ4n) is 3.09. The van der Waals surface area contributed by atoms with Crippen LogP contribution >= 0.6 is 0 Å². The van der Waals surface area contributed by atoms with Crippen LogP contribution in [-0.2, 0) is 20.1 Å². The minimum absolute atomic E-state index is 0.0638. The molecule has 0 aliphatic rings. The van der Waals surface area contributed by atoms with Crippen LogP contribution in [0.15, 0.2) is 104 Å². The van der Waals surface area contributed by atoms with E-state index < -0.39 is 25.7 Å². The smallest absolute Gasteiger partial charge is 0.288 e. The number of benzene rings is 3. The van der Waals surface area contributed by atoms with E-state index in [1.807, 2.05) is 0 Å². The van der Waals surface area contributed by atoms with Crippen LogP contribution in [0, 0.1) is 0 Å². The number of aromatic nitrogens is 2. The maximum absolute atomic E-state index is 13.1. The number of nitrogens with one attached hydrogen (secondary N) is 1. The number of hydrogen-bond donors (Lipinski definition) is 3. The Morgan fingerprint density at radius 3 is 1.94 bits per heavy atom. The van der Waals surface area contributed by atoms with Gasteiger partial charge in [0, 0.05) is 5.56 Å². The third-order valence-electron chi connectivity index (χ3n) is 4.75. The highest BCUT2D eigenvalue weighted by molar-refractivity contribution is 7.89. The lowest BCUT2D eigenvalue weighted by Crippen LogP contribution is -2.13. The van der Waals surface area contributed by atoms with Crippen molar-refractivity contribution >= 4 is 31.5 Å². The van der Waals surface area contributed by atoms with Gasteiger partial charge in [0.05, 0.1) is 26.9 Å². The van der Waals surface area contributed by atoms with Crippen molar-refractivity contribution in [3.05, 3.63) is 89.2 Å². The lowest BCUT2D eigenvalue weighted by Gasteiger charge is -2.03. The molecular formula is C21H17N5O6S2. The molecule has 3 aromatic carbocycles. The lowest BCUT2D eigenvalue weighted by molar-refractivity contribution is 0.483. The highest BCUT2D eigenvalue weighted by atomic mass is 32.2. The van der Waals surface area contributed by atoms with E-state index in [1.165, 1.54) is 41.1 Å². The SMILES string of the molecule is NS(=O)(=O)c1ccc(-c2[nH]n(-c3ccccc3)c(=O)c2N=Nc2ccc(S(=O)(=O)O)cc2)cc1. The number of H-pyrrole nitrogens is 1. The Morgan fingerprint density at radius 2 is 1.38 bits per heavy atom. The average molecular weight is 500 g/mol. The standard InChI is InChI=1S/C21H17N5O6S2/c22-33(28,29)17-10-6-14(7-11-17)19-20(21(27)26(25-19)16-4-2-1-3-5-16)24-23-15-8-12-18(13-9-15)34(30,31)32/h1-13,25H,(H2,22,28,29)(H,30,31,32). The summed E-state index contributed by atoms with van der Waals surface area (Å²) < 4.78 is 55.9. The minimum atomic E-state index is -4.36. The van der Waals surface area contributed by atoms with Crippen LogP contribution in [0.25, 0.3) is 16.9 Å². The van der Waals surface area contributed by atoms with Crippen LogP contribution in [0.2, 0.25) is 0 Å². The predicted molar refractivity (Wildman–Crippen MR) is 124 cm³/mol. The zero-order valence-corrected chi connectivity index (χ0v) is 18.9. The van der Waals surface area contributed by atoms with Crippen molar-refractivity contribution in [2.24, 2.45) is 15.4 Å². The van der Waals surface area contributed by atoms with Gasteiger partial charge in [0.1, 0.15) is 0 Å². The summed E-state index contributed by atoms with van der Waals surface area (Å²) in [6.45, 7) is 0. The van der Waals surface area contributed by atoms with Crippen molar-refractivity contribution in [1.82, 2.24) is 9.78 Å². The summed E-state index contributed by atoms with van der Waals surface area (Å²) in [5.74, 6) is 0. The van der Waals surface area contributed by atoms with Crippen molar-refractivity contribution in [2.45, 2.75) is 9.79 Å². The number of primary sulfonamides is 1. The van der Waals surface area contributed by atoms with E-state index in [1.54, 1.807) is 30.3 Å². The summed E-state index contributed by atoms with van der Waals surface area (Å²) in [6.07, 6.45) is 0. The first-order valence-corrected chi connectivity index (χ1v) is 12.6. The van der Waals surface area contributed by atoms with E-state index in [0.717, 1.165) is 12.1 Å². The highest BCUT2D eigenvalue weighted by Crippen LogP contribution is 2.29. The second-order valence-electron chi connectivity index (χ2n) is 7.05. The van der Waals surface area contributed by atoms with Gasteiger partial charge in [0.2, 0.25) is 10.0 Å². The Bertz CT molecular complexity index is 1640. The molecule has 1 heterocycles. The summed E-state index contributed by atoms with van der Waals surface area (Å²) in [6, 6.07) is 19.2. The van der Waals surface area contributed by atoms with Crippen molar-refractivity contribution in [1.29, 1.82) is 0 Å². The zero-order chi connectivity index (χ0) is 24.5. The number of aromatic amines is 1. The molecule has 4 N–H and O–H groups in total. The fourth-order valence-corrected chi connectivity index (χ4v) is 4.08. The van der Waals surface area contributed by atoms with E-state index in [2.05, 4.69) is 15.3 Å². The Morgan fingerprint density at radius 1 is 0.794 bits per heavy atom. The number of sulfonamides is 1. The van der Waals surface area contributed by atoms with Crippen LogP contribution in [0.1, 0.15) is 0 Å². The van der Waals surface area contributed by atoms with Gasteiger partial charge >= 0.3 is 0 Å². The molecule has 0 radical (unpaired) electrons. The van der Waals surface area contributed by atoms with Gasteiger partial charge in [0.15, 0.2) is 5.69 Å². The topological polar surface area (TPSA) is 177 Å². The molecule has 11 nitrogen and oxygen atoms in total. The molecule has 0 unspecified atom stereocenters. The third kappa shape index (κ3) is 4.87. The van der Waals surface area contributed by atoms with Gasteiger partial charge in [-0.3, -0.25) is 14.4 Å². The van der Waals surface area contributed by atoms with Gasteiger partial charge in [-0.25, -0.2) is 18.2 Å². The number of azo groups is 1. The number of nitrogens with two attached hydrogens (primary N) is 1. The lowest BCUT2D eigenvalue weighted by atomic mass is 10.1. The quantitative estimate of drug-likeness (QED) is 0.271. The second-order valence-corrected chi connectivity index (χ2v) is 10.0. The Hall–Kier alpha value is -3.91. The van der Waals surface area contributed by atoms with E-state index >= 15 is 0 Å². The van der Waals surface area contributed by atoms with E-state index in [-0.39, 0.29) is 26.9 Å². The van der Waals surface area contributed by atoms with E-state index in [4.69, 9.17) is 9.69 Å². The van der Waals surface area contributed by atoms with Crippen LogP contribution < -0.4 is 10.7 Å². The summed E-state index contributed by atoms with van der Waals surface area (Å²) in [4.78, 5) is 12.7. The summed E-state index contributed by atoms with van der Waals surface area (Å²) in [5, 5.41) is 16.2. The molecule has 174 valence electrons. The predicted octanol–water partition coefficient (Wildman–Crippen LogP) is 3.14. The Kier molecular flexibility index (Phi) is 6.01. The number of hydrogen-bond acceptors (Lipinski definition) is 7. The van der Waals surface area contributed by atoms with Gasteiger partial charge in [-0.2, -0.15) is 13.5 Å². The average Bonchev–Trinajstić information content (AvgIpc) is 3.13. The maximum atomic E-state index is 13.1. The van der Waals surface area contributed by atoms with Crippen molar-refractivity contribution in [3.63, 3.8) is 0 Å². The van der Waals surface area contributed by atoms with Gasteiger partial charge in [-0.15, -0.1) is 5.11 Å². The largest absolute Gasteiger partial charge is 0.299 e. The molecule has 0 saturated carbocycles. The first-order chi connectivity index (χ1) is 16.0. The van der Waals surface area contributed by atoms with E-state index in [9.17, 15) is 21.6 Å². The molecule has 0 aliphatic carbocycles. The number of rotatable bonds is 6. The molecule has 0 amide bonds. The Balaban J connectivity index is 1.81. The molecular weight excluding hydrogens is 482 g/mol. The van der Waals surface area contributed by atoms with Crippen LogP contribution in [0.5, 0.6) is 0 Å². The molecule has 0 saturated heterocycles. The summed E-state index contributed by atoms with van der Waals surface area (Å²) >= 11 is 0. The molecule has 4 rings (SSSR count). The molecule has 0 atom stereocenters. The van der Waals surface area contributed by atoms with Gasteiger partial charge in [-0.1, -0.05) is 30.3 Å². The Labute approximate surface area is 194 Å². The summed E-state index contributed by atoms with van der Waals surface area (Å²) in [5.41, 5.74) is 0.910. The number of para-hydroxylation sites is 1. The highest BCUT2D eigenvalue weighted by Gasteiger charge is 2.18. The first kappa shape index (κ1) is 23.3. The monoisotopic (exact) mass is 499 g/mol. The van der Waals surface area contributed by atoms with Crippen LogP contribution in [0.3, 0.4) is 0 Å². The first-order valence-electron chi connectivity index (χ1n) is 9.57. The molecule has 0 fully saturated rings. The van der Waals surface area contributed by atoms with Crippen LogP contribution in [-0.4, -0.2) is 31.2 Å². The molecule has 0 spiro atoms. The molecule has 34 heavy (non-hydrogen) atoms. The summed E-state index contributed by atoms with van der Waals surface area (Å²) in [7, 11) is -8.26. The van der Waals surface area contributed by atoms with Crippen molar-refractivity contribution < 1.29 is 21.4 Å². The number of nitrogens with zero attached hydrogens (tertiary/aromatic N) is 3. The van der Waals surface area contributed by atoms with E-state index in [0.29, 0.717) is 11.3 Å². The minimum Gasteiger partial charge on any atom is -0.288 e. The van der Waals surface area contributed by atoms with Gasteiger partial charge in [0.25, 0.3) is 15.7 Å². The van der Waals surface area contributed by atoms with Gasteiger partial charge in [-0.05, 0) is 48.5 Å². The fraction of sp³-hybridized carbons (Fsp3) is 0. The van der Waals surface area contributed by atoms with Crippen LogP contribution in [0.4, 0.5) is 11.4 Å². The van der Waals surface area contributed by atoms with Crippen molar-refractivity contribution in [3.8, 4) is 16.9 Å². The van der Waals surface area contributed by atoms with Gasteiger partial charge < -0.3 is 0 Å².